The van der Waals surface area contributed by atoms with Crippen LogP contribution in [0, 0.1) is 12.7 Å². The number of fused-ring (bicyclic) bond motifs is 2. The smallest absolute Gasteiger partial charge is 0.363 e. The summed E-state index contributed by atoms with van der Waals surface area (Å²) in [6.45, 7) is 4.54. The summed E-state index contributed by atoms with van der Waals surface area (Å²) in [5.41, 5.74) is -1.14. The maximum Gasteiger partial charge on any atom is 0.419 e. The lowest BCUT2D eigenvalue weighted by Crippen LogP contribution is -2.53. The summed E-state index contributed by atoms with van der Waals surface area (Å²) in [5, 5.41) is 7.54. The van der Waals surface area contributed by atoms with Crippen molar-refractivity contribution in [1.82, 2.24) is 24.6 Å². The molecule has 2 aliphatic heterocycles. The van der Waals surface area contributed by atoms with E-state index in [-0.39, 0.29) is 18.0 Å². The number of anilines is 2. The summed E-state index contributed by atoms with van der Waals surface area (Å²) in [4.78, 5) is 26.8. The molecule has 196 valence electrons. The second-order valence-electron chi connectivity index (χ2n) is 9.83. The zero-order valence-electron chi connectivity index (χ0n) is 20.9. The molecule has 37 heavy (non-hydrogen) atoms. The molecule has 0 bridgehead atoms. The maximum absolute atomic E-state index is 14.9. The molecule has 1 spiro atoms. The van der Waals surface area contributed by atoms with Crippen LogP contribution >= 0.6 is 0 Å². The van der Waals surface area contributed by atoms with Gasteiger partial charge < -0.3 is 10.2 Å². The number of hydrogen-bond acceptors (Lipinski definition) is 6. The van der Waals surface area contributed by atoms with Crippen LogP contribution in [0.2, 0.25) is 0 Å². The van der Waals surface area contributed by atoms with Crippen molar-refractivity contribution < 1.29 is 22.4 Å². The minimum atomic E-state index is -4.81. The van der Waals surface area contributed by atoms with Gasteiger partial charge in [-0.1, -0.05) is 12.1 Å². The van der Waals surface area contributed by atoms with Crippen LogP contribution in [0.15, 0.2) is 30.5 Å². The quantitative estimate of drug-likeness (QED) is 0.528. The fourth-order valence-corrected chi connectivity index (χ4v) is 5.34. The Bertz CT molecular complexity index is 1370. The van der Waals surface area contributed by atoms with E-state index in [1.807, 2.05) is 7.05 Å². The summed E-state index contributed by atoms with van der Waals surface area (Å²) in [7, 11) is 3.70. The number of alkyl halides is 3. The molecule has 2 aromatic heterocycles. The molecule has 1 aromatic carbocycles. The predicted octanol–water partition coefficient (Wildman–Crippen LogP) is 3.97. The van der Waals surface area contributed by atoms with Crippen LogP contribution in [0.3, 0.4) is 0 Å². The van der Waals surface area contributed by atoms with Gasteiger partial charge in [0.1, 0.15) is 22.9 Å². The standard InChI is InChI=1S/C25H27F4N7O/c1-14(16-6-5-7-18(20(16)26)25(27,28)29)30-22-17-12-36(19-8-10-35(4)33-19)23(37)24(9-11-34(3)13-24)21(17)31-15(2)32-22/h5-8,10,14H,9,11-13H2,1-4H3,(H,30,31,32)/t14-,24?/m1/s1. The molecule has 4 heterocycles. The van der Waals surface area contributed by atoms with E-state index >= 15 is 0 Å². The van der Waals surface area contributed by atoms with Crippen molar-refractivity contribution in [1.29, 1.82) is 0 Å². The summed E-state index contributed by atoms with van der Waals surface area (Å²) < 4.78 is 56.4. The molecule has 1 amide bonds. The van der Waals surface area contributed by atoms with Crippen LogP contribution in [-0.4, -0.2) is 50.7 Å². The van der Waals surface area contributed by atoms with Crippen LogP contribution in [0.1, 0.15) is 47.6 Å². The Morgan fingerprint density at radius 1 is 1.16 bits per heavy atom. The fraction of sp³-hybridized carbons (Fsp3) is 0.440. The van der Waals surface area contributed by atoms with Crippen LogP contribution in [0.5, 0.6) is 0 Å². The van der Waals surface area contributed by atoms with Gasteiger partial charge in [0, 0.05) is 37.0 Å². The highest BCUT2D eigenvalue weighted by molar-refractivity contribution is 6.03. The Labute approximate surface area is 211 Å². The van der Waals surface area contributed by atoms with Crippen LogP contribution in [-0.2, 0) is 30.0 Å². The molecule has 0 radical (unpaired) electrons. The number of benzene rings is 1. The number of halogens is 4. The van der Waals surface area contributed by atoms with Gasteiger partial charge >= 0.3 is 6.18 Å². The Hall–Kier alpha value is -3.54. The van der Waals surface area contributed by atoms with Gasteiger partial charge in [-0.05, 0) is 39.9 Å². The normalized spacial score (nSPS) is 21.0. The molecular formula is C25H27F4N7O. The van der Waals surface area contributed by atoms with Crippen molar-refractivity contribution in [2.45, 2.75) is 44.4 Å². The number of nitrogens with zero attached hydrogens (tertiary/aromatic N) is 6. The number of carbonyl (C=O) groups is 1. The first-order valence-corrected chi connectivity index (χ1v) is 11.9. The molecule has 0 aliphatic carbocycles. The van der Waals surface area contributed by atoms with Crippen molar-refractivity contribution in [3.05, 3.63) is 64.5 Å². The zero-order valence-corrected chi connectivity index (χ0v) is 20.9. The third-order valence-corrected chi connectivity index (χ3v) is 7.13. The lowest BCUT2D eigenvalue weighted by atomic mass is 9.76. The third-order valence-electron chi connectivity index (χ3n) is 7.13. The van der Waals surface area contributed by atoms with Crippen molar-refractivity contribution in [3.8, 4) is 0 Å². The number of amides is 1. The average Bonchev–Trinajstić information content (AvgIpc) is 3.42. The number of carbonyl (C=O) groups excluding carboxylic acids is 1. The lowest BCUT2D eigenvalue weighted by molar-refractivity contribution is -0.140. The van der Waals surface area contributed by atoms with Crippen LogP contribution in [0.25, 0.3) is 0 Å². The number of likely N-dealkylation sites (tertiary alicyclic amines) is 1. The molecule has 1 fully saturated rings. The molecule has 8 nitrogen and oxygen atoms in total. The molecule has 5 rings (SSSR count). The number of rotatable bonds is 4. The van der Waals surface area contributed by atoms with Gasteiger partial charge in [0.15, 0.2) is 5.82 Å². The molecule has 2 aliphatic rings. The first-order valence-electron chi connectivity index (χ1n) is 11.9. The van der Waals surface area contributed by atoms with Crippen LogP contribution in [0.4, 0.5) is 29.2 Å². The van der Waals surface area contributed by atoms with E-state index in [4.69, 9.17) is 4.98 Å². The highest BCUT2D eigenvalue weighted by atomic mass is 19.4. The summed E-state index contributed by atoms with van der Waals surface area (Å²) in [6.07, 6.45) is -2.52. The van der Waals surface area contributed by atoms with Gasteiger partial charge in [-0.15, -0.1) is 0 Å². The van der Waals surface area contributed by atoms with Crippen molar-refractivity contribution >= 4 is 17.5 Å². The van der Waals surface area contributed by atoms with Gasteiger partial charge in [-0.3, -0.25) is 14.4 Å². The van der Waals surface area contributed by atoms with Crippen molar-refractivity contribution in [2.75, 3.05) is 30.4 Å². The number of nitrogens with one attached hydrogen (secondary N) is 1. The van der Waals surface area contributed by atoms with E-state index < -0.39 is 29.0 Å². The largest absolute Gasteiger partial charge is 0.419 e. The molecule has 1 unspecified atom stereocenters. The summed E-state index contributed by atoms with van der Waals surface area (Å²) in [6, 6.07) is 4.13. The minimum absolute atomic E-state index is 0.107. The number of aryl methyl sites for hydroxylation is 2. The topological polar surface area (TPSA) is 79.2 Å². The number of aromatic nitrogens is 4. The summed E-state index contributed by atoms with van der Waals surface area (Å²) >= 11 is 0. The Morgan fingerprint density at radius 2 is 1.92 bits per heavy atom. The van der Waals surface area contributed by atoms with E-state index in [1.54, 1.807) is 42.7 Å². The maximum atomic E-state index is 14.9. The SMILES string of the molecule is Cc1nc(N[C@H](C)c2cccc(C(F)(F)F)c2F)c2c(n1)C1(CCN(C)C1)C(=O)N(c1ccn(C)n1)C2. The molecule has 1 N–H and O–H groups in total. The first-order chi connectivity index (χ1) is 17.4. The Morgan fingerprint density at radius 3 is 2.54 bits per heavy atom. The van der Waals surface area contributed by atoms with Crippen molar-refractivity contribution in [2.24, 2.45) is 7.05 Å². The van der Waals surface area contributed by atoms with Gasteiger partial charge in [0.05, 0.1) is 23.8 Å². The predicted molar refractivity (Wildman–Crippen MR) is 128 cm³/mol. The molecule has 3 aromatic rings. The van der Waals surface area contributed by atoms with Gasteiger partial charge in [0.2, 0.25) is 5.91 Å². The third kappa shape index (κ3) is 4.22. The second kappa shape index (κ2) is 8.79. The average molecular weight is 518 g/mol. The first kappa shape index (κ1) is 25.1. The van der Waals surface area contributed by atoms with Gasteiger partial charge in [0.25, 0.3) is 0 Å². The monoisotopic (exact) mass is 517 g/mol. The highest BCUT2D eigenvalue weighted by Crippen LogP contribution is 2.44. The minimum Gasteiger partial charge on any atom is -0.363 e. The number of likely N-dealkylation sites (N-methyl/N-ethyl adjacent to an activating group) is 1. The lowest BCUT2D eigenvalue weighted by Gasteiger charge is -2.40. The van der Waals surface area contributed by atoms with Gasteiger partial charge in [-0.2, -0.15) is 18.3 Å². The second-order valence-corrected chi connectivity index (χ2v) is 9.83. The molecule has 0 saturated carbocycles. The highest BCUT2D eigenvalue weighted by Gasteiger charge is 2.53. The van der Waals surface area contributed by atoms with E-state index in [0.29, 0.717) is 48.2 Å². The van der Waals surface area contributed by atoms with E-state index in [1.165, 1.54) is 12.1 Å². The number of hydrogen-bond donors (Lipinski definition) is 1. The van der Waals surface area contributed by atoms with E-state index in [9.17, 15) is 22.4 Å². The van der Waals surface area contributed by atoms with Gasteiger partial charge in [-0.25, -0.2) is 14.4 Å². The summed E-state index contributed by atoms with van der Waals surface area (Å²) in [5.74, 6) is -0.186. The van der Waals surface area contributed by atoms with E-state index in [0.717, 1.165) is 6.07 Å². The molecule has 2 atom stereocenters. The molecule has 12 heteroatoms. The Kier molecular flexibility index (Phi) is 5.97. The fourth-order valence-electron chi connectivity index (χ4n) is 5.34. The zero-order chi connectivity index (χ0) is 26.7. The Balaban J connectivity index is 1.60. The van der Waals surface area contributed by atoms with E-state index in [2.05, 4.69) is 20.3 Å². The van der Waals surface area contributed by atoms with Crippen molar-refractivity contribution in [3.63, 3.8) is 0 Å². The molecular weight excluding hydrogens is 490 g/mol. The van der Waals surface area contributed by atoms with Crippen LogP contribution < -0.4 is 10.2 Å². The molecule has 1 saturated heterocycles.